The van der Waals surface area contributed by atoms with Gasteiger partial charge in [0, 0.05) is 36.8 Å². The van der Waals surface area contributed by atoms with E-state index in [4.69, 9.17) is 16.3 Å². The van der Waals surface area contributed by atoms with Crippen LogP contribution in [0.2, 0.25) is 0 Å². The number of hydrogen-bond donors (Lipinski definition) is 0. The van der Waals surface area contributed by atoms with Crippen LogP contribution >= 0.6 is 22.9 Å². The molecule has 0 radical (unpaired) electrons. The lowest BCUT2D eigenvalue weighted by Gasteiger charge is -2.45. The molecule has 4 rings (SSSR count). The summed E-state index contributed by atoms with van der Waals surface area (Å²) in [4.78, 5) is 17.6. The van der Waals surface area contributed by atoms with Crippen LogP contribution in [0.4, 0.5) is 0 Å². The molecule has 2 unspecified atom stereocenters. The Morgan fingerprint density at radius 1 is 1.31 bits per heavy atom. The van der Waals surface area contributed by atoms with Gasteiger partial charge in [-0.1, -0.05) is 25.4 Å². The number of nitrogens with zero attached hydrogens (tertiary/aromatic N) is 5. The van der Waals surface area contributed by atoms with Gasteiger partial charge < -0.3 is 9.64 Å². The van der Waals surface area contributed by atoms with Gasteiger partial charge in [-0.3, -0.25) is 9.80 Å². The highest BCUT2D eigenvalue weighted by atomic mass is 35.5. The number of morpholine rings is 1. The van der Waals surface area contributed by atoms with Gasteiger partial charge in [-0.05, 0) is 45.0 Å². The Bertz CT molecular complexity index is 761. The average molecular weight is 438 g/mol. The second-order valence-electron chi connectivity index (χ2n) is 8.66. The summed E-state index contributed by atoms with van der Waals surface area (Å²) in [6.45, 7) is 10.5. The Kier molecular flexibility index (Phi) is 7.04. The molecule has 8 heteroatoms. The normalized spacial score (nSPS) is 24.0. The maximum Gasteiger partial charge on any atom is 0.143 e. The number of ether oxygens (including phenoxy) is 1. The molecule has 0 bridgehead atoms. The van der Waals surface area contributed by atoms with Crippen molar-refractivity contribution in [1.29, 1.82) is 0 Å². The van der Waals surface area contributed by atoms with Gasteiger partial charge in [0.1, 0.15) is 11.9 Å². The van der Waals surface area contributed by atoms with Crippen molar-refractivity contribution in [3.05, 3.63) is 23.5 Å². The number of rotatable bonds is 6. The molecular weight excluding hydrogens is 406 g/mol. The minimum atomic E-state index is -0.248. The second-order valence-corrected chi connectivity index (χ2v) is 10.3. The molecule has 2 aromatic rings. The fraction of sp³-hybridized carbons (Fsp3) is 0.714. The average Bonchev–Trinajstić information content (AvgIpc) is 3.12. The van der Waals surface area contributed by atoms with Crippen LogP contribution in [0.3, 0.4) is 0 Å². The van der Waals surface area contributed by atoms with E-state index in [2.05, 4.69) is 51.6 Å². The van der Waals surface area contributed by atoms with Crippen molar-refractivity contribution >= 4 is 33.2 Å². The Hall–Kier alpha value is -0.830. The summed E-state index contributed by atoms with van der Waals surface area (Å²) in [7, 11) is 2.28. The molecule has 2 aliphatic heterocycles. The minimum absolute atomic E-state index is 0.195. The molecule has 2 saturated heterocycles. The Labute approximate surface area is 182 Å². The highest BCUT2D eigenvalue weighted by molar-refractivity contribution is 7.19. The van der Waals surface area contributed by atoms with Gasteiger partial charge in [0.05, 0.1) is 23.0 Å². The monoisotopic (exact) mass is 437 g/mol. The van der Waals surface area contributed by atoms with Crippen LogP contribution in [0.15, 0.2) is 18.6 Å². The summed E-state index contributed by atoms with van der Waals surface area (Å²) >= 11 is 8.17. The molecule has 0 spiro atoms. The topological polar surface area (TPSA) is 44.7 Å². The smallest absolute Gasteiger partial charge is 0.143 e. The summed E-state index contributed by atoms with van der Waals surface area (Å²) in [6, 6.07) is 2.80. The van der Waals surface area contributed by atoms with Crippen molar-refractivity contribution in [2.45, 2.75) is 44.5 Å². The maximum atomic E-state index is 6.37. The molecule has 0 amide bonds. The van der Waals surface area contributed by atoms with Crippen molar-refractivity contribution in [2.24, 2.45) is 5.92 Å². The van der Waals surface area contributed by atoms with Crippen molar-refractivity contribution < 1.29 is 4.74 Å². The molecule has 0 aliphatic carbocycles. The molecule has 160 valence electrons. The zero-order valence-electron chi connectivity index (χ0n) is 17.6. The van der Waals surface area contributed by atoms with E-state index < -0.39 is 0 Å². The number of alkyl halides is 1. The van der Waals surface area contributed by atoms with Crippen molar-refractivity contribution in [2.75, 3.05) is 46.4 Å². The van der Waals surface area contributed by atoms with Gasteiger partial charge >= 0.3 is 0 Å². The van der Waals surface area contributed by atoms with Crippen LogP contribution in [0, 0.1) is 5.92 Å². The molecule has 0 saturated carbocycles. The SMILES string of the molecule is CC(C)CN1CCC(N(C)C(c2cc3ncncc3s2)N2CCOC(Cl)C2)CC1. The highest BCUT2D eigenvalue weighted by Crippen LogP contribution is 2.36. The predicted molar refractivity (Wildman–Crippen MR) is 119 cm³/mol. The number of fused-ring (bicyclic) bond motifs is 1. The molecule has 0 aromatic carbocycles. The molecule has 2 atom stereocenters. The van der Waals surface area contributed by atoms with Gasteiger partial charge in [-0.25, -0.2) is 9.97 Å². The van der Waals surface area contributed by atoms with E-state index in [0.29, 0.717) is 12.6 Å². The number of aromatic nitrogens is 2. The predicted octanol–water partition coefficient (Wildman–Crippen LogP) is 3.64. The summed E-state index contributed by atoms with van der Waals surface area (Å²) in [5, 5.41) is 0. The second kappa shape index (κ2) is 9.54. The summed E-state index contributed by atoms with van der Waals surface area (Å²) < 4.78 is 6.75. The number of halogens is 1. The van der Waals surface area contributed by atoms with E-state index in [9.17, 15) is 0 Å². The number of piperidine rings is 1. The molecule has 2 aromatic heterocycles. The van der Waals surface area contributed by atoms with E-state index in [0.717, 1.165) is 29.2 Å². The zero-order valence-corrected chi connectivity index (χ0v) is 19.2. The Morgan fingerprint density at radius 2 is 2.10 bits per heavy atom. The Balaban J connectivity index is 1.55. The van der Waals surface area contributed by atoms with Crippen LogP contribution in [-0.2, 0) is 4.74 Å². The fourth-order valence-electron chi connectivity index (χ4n) is 4.64. The molecule has 2 fully saturated rings. The van der Waals surface area contributed by atoms with Crippen LogP contribution in [0.1, 0.15) is 37.7 Å². The molecular formula is C21H32ClN5OS. The van der Waals surface area contributed by atoms with Crippen molar-refractivity contribution in [3.63, 3.8) is 0 Å². The van der Waals surface area contributed by atoms with Gasteiger partial charge in [0.2, 0.25) is 0 Å². The molecule has 4 heterocycles. The lowest BCUT2D eigenvalue weighted by molar-refractivity contribution is -0.0582. The van der Waals surface area contributed by atoms with Crippen molar-refractivity contribution in [3.8, 4) is 0 Å². The third-order valence-electron chi connectivity index (χ3n) is 6.01. The van der Waals surface area contributed by atoms with Gasteiger partial charge in [0.25, 0.3) is 0 Å². The highest BCUT2D eigenvalue weighted by Gasteiger charge is 2.35. The first-order chi connectivity index (χ1) is 14.0. The number of hydrogen-bond acceptors (Lipinski definition) is 7. The van der Waals surface area contributed by atoms with Crippen LogP contribution in [0.5, 0.6) is 0 Å². The van der Waals surface area contributed by atoms with Crippen molar-refractivity contribution in [1.82, 2.24) is 24.7 Å². The number of thiophene rings is 1. The lowest BCUT2D eigenvalue weighted by atomic mass is 10.0. The van der Waals surface area contributed by atoms with Gasteiger partial charge in [0.15, 0.2) is 0 Å². The van der Waals surface area contributed by atoms with E-state index in [-0.39, 0.29) is 11.7 Å². The molecule has 0 N–H and O–H groups in total. The van der Waals surface area contributed by atoms with Crippen LogP contribution in [-0.4, -0.2) is 82.7 Å². The van der Waals surface area contributed by atoms with E-state index in [1.165, 1.54) is 37.4 Å². The third kappa shape index (κ3) is 5.09. The lowest BCUT2D eigenvalue weighted by Crippen LogP contribution is -2.52. The van der Waals surface area contributed by atoms with Crippen LogP contribution < -0.4 is 0 Å². The first-order valence-corrected chi connectivity index (χ1v) is 11.9. The van der Waals surface area contributed by atoms with Crippen LogP contribution in [0.25, 0.3) is 10.2 Å². The van der Waals surface area contributed by atoms with Gasteiger partial charge in [-0.2, -0.15) is 0 Å². The third-order valence-corrected chi connectivity index (χ3v) is 7.38. The Morgan fingerprint density at radius 3 is 2.79 bits per heavy atom. The minimum Gasteiger partial charge on any atom is -0.360 e. The van der Waals surface area contributed by atoms with E-state index >= 15 is 0 Å². The molecule has 29 heavy (non-hydrogen) atoms. The first-order valence-electron chi connectivity index (χ1n) is 10.6. The fourth-order valence-corrected chi connectivity index (χ4v) is 6.08. The first kappa shape index (κ1) is 21.4. The molecule has 2 aliphatic rings. The molecule has 6 nitrogen and oxygen atoms in total. The van der Waals surface area contributed by atoms with Gasteiger partial charge in [-0.15, -0.1) is 11.3 Å². The largest absolute Gasteiger partial charge is 0.360 e. The quantitative estimate of drug-likeness (QED) is 0.643. The summed E-state index contributed by atoms with van der Waals surface area (Å²) in [5.74, 6) is 0.727. The number of likely N-dealkylation sites (tertiary alicyclic amines) is 1. The summed E-state index contributed by atoms with van der Waals surface area (Å²) in [5.41, 5.74) is 0.780. The zero-order chi connectivity index (χ0) is 20.4. The summed E-state index contributed by atoms with van der Waals surface area (Å²) in [6.07, 6.45) is 6.16. The standard InChI is InChI=1S/C21H32ClN5OS/c1-15(2)12-26-6-4-16(5-7-26)25(3)21(27-8-9-28-20(22)13-27)18-10-17-19(29-18)11-23-14-24-17/h10-11,14-16,20-21H,4-9,12-13H2,1-3H3. The van der Waals surface area contributed by atoms with E-state index in [1.807, 2.05) is 6.20 Å². The van der Waals surface area contributed by atoms with E-state index in [1.54, 1.807) is 17.7 Å². The maximum absolute atomic E-state index is 6.37.